The number of imide groups is 2. The summed E-state index contributed by atoms with van der Waals surface area (Å²) in [5, 5.41) is 35.1. The normalized spacial score (nSPS) is 14.8. The lowest BCUT2D eigenvalue weighted by Gasteiger charge is -2.27. The number of aliphatic hydroxyl groups excluding tert-OH is 2. The number of nitrogens with one attached hydrogen (secondary N) is 2. The third kappa shape index (κ3) is 19.1. The Bertz CT molecular complexity index is 3060. The third-order valence-corrected chi connectivity index (χ3v) is 14.0. The molecule has 0 radical (unpaired) electrons. The fourth-order valence-corrected chi connectivity index (χ4v) is 10.00. The van der Waals surface area contributed by atoms with Crippen molar-refractivity contribution in [2.75, 3.05) is 99.0 Å². The molecule has 86 heavy (non-hydrogen) atoms. The van der Waals surface area contributed by atoms with E-state index in [-0.39, 0.29) is 80.4 Å². The summed E-state index contributed by atoms with van der Waals surface area (Å²) in [5.41, 5.74) is 4.85. The van der Waals surface area contributed by atoms with Crippen LogP contribution in [0.4, 0.5) is 4.39 Å². The molecule has 5 aromatic rings. The van der Waals surface area contributed by atoms with Crippen LogP contribution in [0.1, 0.15) is 94.2 Å². The Morgan fingerprint density at radius 3 is 1.87 bits per heavy atom. The van der Waals surface area contributed by atoms with Crippen molar-refractivity contribution in [2.45, 2.75) is 83.1 Å². The van der Waals surface area contributed by atoms with Gasteiger partial charge in [0.1, 0.15) is 30.0 Å². The van der Waals surface area contributed by atoms with E-state index in [9.17, 15) is 48.2 Å². The molecule has 5 N–H and O–H groups in total. The van der Waals surface area contributed by atoms with Gasteiger partial charge in [0.05, 0.1) is 115 Å². The summed E-state index contributed by atoms with van der Waals surface area (Å²) in [7, 11) is 0. The number of fused-ring (bicyclic) bond motifs is 1. The molecule has 1 fully saturated rings. The number of aliphatic carboxylic acids is 1. The third-order valence-electron chi connectivity index (χ3n) is 14.0. The van der Waals surface area contributed by atoms with E-state index in [4.69, 9.17) is 43.0 Å². The number of carbonyl (C=O) groups excluding carboxylic acids is 6. The molecule has 7 rings (SSSR count). The number of halogens is 1. The SMILES string of the molecule is CC(C)c1c(C(=O)Cc2ccc(OCCOCCOCCOCCOCCOCCOCCNC(=O)COc3cccc4c3C(=O)N(C3CCC(=O)NC3=O)C4=O)cc2)c(-c2ccccc2)c(-c2ccc(F)cc2)n1CC[C@@H](O)C[C@@H](O)CC(=O)O. The number of ketones is 1. The zero-order valence-corrected chi connectivity index (χ0v) is 48.3. The Balaban J connectivity index is 0.712. The molecule has 5 amide bonds. The van der Waals surface area contributed by atoms with E-state index in [0.717, 1.165) is 21.7 Å². The number of carboxylic acid groups (broad SMARTS) is 1. The number of aromatic nitrogens is 1. The molecule has 22 nitrogen and oxygen atoms in total. The van der Waals surface area contributed by atoms with Gasteiger partial charge in [-0.2, -0.15) is 0 Å². The molecule has 0 spiro atoms. The Hall–Kier alpha value is -7.74. The molecule has 462 valence electrons. The van der Waals surface area contributed by atoms with Crippen LogP contribution in [0.2, 0.25) is 0 Å². The van der Waals surface area contributed by atoms with Crippen LogP contribution in [-0.2, 0) is 60.6 Å². The summed E-state index contributed by atoms with van der Waals surface area (Å²) >= 11 is 0. The Morgan fingerprint density at radius 1 is 0.674 bits per heavy atom. The summed E-state index contributed by atoms with van der Waals surface area (Å²) in [6.07, 6.45) is -2.63. The lowest BCUT2D eigenvalue weighted by atomic mass is 9.90. The highest BCUT2D eigenvalue weighted by molar-refractivity contribution is 6.24. The quantitative estimate of drug-likeness (QED) is 0.0183. The minimum atomic E-state index is -1.23. The minimum Gasteiger partial charge on any atom is -0.491 e. The lowest BCUT2D eigenvalue weighted by Crippen LogP contribution is -2.54. The first kappa shape index (κ1) is 65.8. The van der Waals surface area contributed by atoms with E-state index < -0.39 is 72.6 Å². The molecule has 0 aliphatic carbocycles. The molecule has 23 heteroatoms. The summed E-state index contributed by atoms with van der Waals surface area (Å²) < 4.78 is 61.2. The Kier molecular flexibility index (Phi) is 25.9. The minimum absolute atomic E-state index is 0.00523. The average Bonchev–Trinajstić information content (AvgIpc) is 1.70. The molecule has 3 heterocycles. The van der Waals surface area contributed by atoms with E-state index in [1.807, 2.05) is 60.9 Å². The summed E-state index contributed by atoms with van der Waals surface area (Å²) in [5.74, 6) is -4.33. The van der Waals surface area contributed by atoms with Crippen molar-refractivity contribution in [3.8, 4) is 33.9 Å². The fourth-order valence-electron chi connectivity index (χ4n) is 10.00. The number of aliphatic hydroxyl groups is 2. The van der Waals surface area contributed by atoms with Gasteiger partial charge in [-0.1, -0.05) is 62.4 Å². The van der Waals surface area contributed by atoms with Gasteiger partial charge in [0.2, 0.25) is 11.8 Å². The Labute approximate surface area is 497 Å². The van der Waals surface area contributed by atoms with Gasteiger partial charge in [0.15, 0.2) is 12.4 Å². The molecular formula is C63H75FN4O18. The van der Waals surface area contributed by atoms with Crippen LogP contribution in [0.3, 0.4) is 0 Å². The molecule has 3 atom stereocenters. The molecule has 4 aromatic carbocycles. The summed E-state index contributed by atoms with van der Waals surface area (Å²) in [6, 6.07) is 26.1. The van der Waals surface area contributed by atoms with Crippen LogP contribution >= 0.6 is 0 Å². The highest BCUT2D eigenvalue weighted by atomic mass is 19.1. The number of hydrogen-bond donors (Lipinski definition) is 5. The summed E-state index contributed by atoms with van der Waals surface area (Å²) in [4.78, 5) is 89.3. The second-order valence-corrected chi connectivity index (χ2v) is 20.6. The average molecular weight is 1200 g/mol. The first-order valence-corrected chi connectivity index (χ1v) is 28.7. The maximum absolute atomic E-state index is 14.7. The van der Waals surface area contributed by atoms with Gasteiger partial charge in [-0.15, -0.1) is 0 Å². The monoisotopic (exact) mass is 1190 g/mol. The zero-order valence-electron chi connectivity index (χ0n) is 48.3. The molecule has 1 saturated heterocycles. The van der Waals surface area contributed by atoms with Crippen molar-refractivity contribution < 1.29 is 91.2 Å². The number of carboxylic acids is 1. The van der Waals surface area contributed by atoms with Gasteiger partial charge >= 0.3 is 5.97 Å². The largest absolute Gasteiger partial charge is 0.491 e. The highest BCUT2D eigenvalue weighted by Crippen LogP contribution is 2.43. The number of Topliss-reactive ketones (excluding diaryl/α,β-unsaturated/α-hetero) is 1. The van der Waals surface area contributed by atoms with E-state index in [1.165, 1.54) is 30.3 Å². The van der Waals surface area contributed by atoms with Crippen molar-refractivity contribution in [1.82, 2.24) is 20.1 Å². The maximum Gasteiger partial charge on any atom is 0.305 e. The van der Waals surface area contributed by atoms with E-state index in [0.29, 0.717) is 107 Å². The molecule has 0 saturated carbocycles. The zero-order chi connectivity index (χ0) is 61.4. The maximum atomic E-state index is 14.7. The van der Waals surface area contributed by atoms with Crippen LogP contribution < -0.4 is 20.1 Å². The van der Waals surface area contributed by atoms with Gasteiger partial charge in [0, 0.05) is 42.8 Å². The number of ether oxygens (including phenoxy) is 8. The standard InChI is InChI=1S/C63H75FN4O18/c1-41(2)59-58(56(43-7-4-3-5-8-43)60(44-13-15-45(64)16-14-44)67(59)23-21-46(69)38-47(70)39-55(74)75)51(71)37-42-11-17-48(18-12-42)85-36-35-84-34-33-83-32-31-82-30-29-81-28-27-80-26-25-79-24-22-65-54(73)40-86-52-10-6-9-49-57(52)63(78)68(62(49)77)50-19-20-53(72)66-61(50)76/h3-18,41,46-47,50,69-70H,19-40H2,1-2H3,(H,65,73)(H,74,75)(H,66,72,76)/t46-,47-,50?/m1/s1. The molecule has 2 aliphatic rings. The first-order valence-electron chi connectivity index (χ1n) is 28.7. The Morgan fingerprint density at radius 2 is 1.28 bits per heavy atom. The second-order valence-electron chi connectivity index (χ2n) is 20.6. The van der Waals surface area contributed by atoms with Gasteiger partial charge in [0.25, 0.3) is 17.7 Å². The van der Waals surface area contributed by atoms with Gasteiger partial charge in [-0.25, -0.2) is 4.39 Å². The van der Waals surface area contributed by atoms with E-state index >= 15 is 0 Å². The summed E-state index contributed by atoms with van der Waals surface area (Å²) in [6.45, 7) is 8.39. The predicted octanol–water partition coefficient (Wildman–Crippen LogP) is 5.56. The van der Waals surface area contributed by atoms with Crippen molar-refractivity contribution in [3.05, 3.63) is 131 Å². The van der Waals surface area contributed by atoms with Crippen LogP contribution in [0.25, 0.3) is 22.4 Å². The van der Waals surface area contributed by atoms with Crippen LogP contribution in [0, 0.1) is 5.82 Å². The number of carbonyl (C=O) groups is 7. The predicted molar refractivity (Wildman–Crippen MR) is 309 cm³/mol. The number of piperidine rings is 1. The molecule has 2 aliphatic heterocycles. The van der Waals surface area contributed by atoms with Gasteiger partial charge < -0.3 is 63.1 Å². The van der Waals surface area contributed by atoms with Crippen molar-refractivity contribution in [3.63, 3.8) is 0 Å². The van der Waals surface area contributed by atoms with E-state index in [2.05, 4.69) is 10.6 Å². The van der Waals surface area contributed by atoms with Crippen molar-refractivity contribution in [1.29, 1.82) is 0 Å². The highest BCUT2D eigenvalue weighted by Gasteiger charge is 2.46. The molecule has 1 unspecified atom stereocenters. The molecular weight excluding hydrogens is 1120 g/mol. The number of nitrogens with zero attached hydrogens (tertiary/aromatic N) is 2. The van der Waals surface area contributed by atoms with Crippen LogP contribution in [0.15, 0.2) is 97.1 Å². The van der Waals surface area contributed by atoms with Crippen molar-refractivity contribution >= 4 is 41.3 Å². The van der Waals surface area contributed by atoms with Crippen LogP contribution in [-0.4, -0.2) is 183 Å². The first-order chi connectivity index (χ1) is 41.6. The van der Waals surface area contributed by atoms with Gasteiger partial charge in [-0.05, 0) is 90.4 Å². The number of benzene rings is 4. The molecule has 1 aromatic heterocycles. The van der Waals surface area contributed by atoms with Crippen LogP contribution in [0.5, 0.6) is 11.5 Å². The second kappa shape index (κ2) is 33.8. The topological polar surface area (TPSA) is 286 Å². The number of hydrogen-bond acceptors (Lipinski definition) is 17. The molecule has 0 bridgehead atoms. The lowest BCUT2D eigenvalue weighted by molar-refractivity contribution is -0.140. The smallest absolute Gasteiger partial charge is 0.305 e. The number of rotatable bonds is 39. The van der Waals surface area contributed by atoms with Crippen molar-refractivity contribution in [2.24, 2.45) is 0 Å². The number of amides is 5. The van der Waals surface area contributed by atoms with Gasteiger partial charge in [-0.3, -0.25) is 43.8 Å². The van der Waals surface area contributed by atoms with E-state index in [1.54, 1.807) is 24.3 Å². The fraction of sp³-hybridized carbons (Fsp3) is 0.444.